The van der Waals surface area contributed by atoms with E-state index in [-0.39, 0.29) is 0 Å². The molecule has 2 aromatic heterocycles. The molecule has 0 spiro atoms. The van der Waals surface area contributed by atoms with Crippen LogP contribution in [-0.4, -0.2) is 4.57 Å². The van der Waals surface area contributed by atoms with E-state index < -0.39 is 0 Å². The molecule has 11 rings (SSSR count). The number of hydrogen-bond acceptors (Lipinski definition) is 2. The van der Waals surface area contributed by atoms with Crippen LogP contribution in [0.5, 0.6) is 0 Å². The Hall–Kier alpha value is -7.62. The molecule has 0 saturated carbocycles. The number of fused-ring (bicyclic) bond motifs is 6. The smallest absolute Gasteiger partial charge is 0.135 e. The second kappa shape index (κ2) is 13.6. The van der Waals surface area contributed by atoms with Crippen molar-refractivity contribution in [1.82, 2.24) is 4.57 Å². The third kappa shape index (κ3) is 5.76. The van der Waals surface area contributed by atoms with Crippen molar-refractivity contribution in [2.45, 2.75) is 0 Å². The van der Waals surface area contributed by atoms with Gasteiger partial charge in [-0.3, -0.25) is 0 Å². The van der Waals surface area contributed by atoms with Crippen LogP contribution in [0.1, 0.15) is 0 Å². The van der Waals surface area contributed by atoms with Gasteiger partial charge in [0, 0.05) is 44.3 Å². The van der Waals surface area contributed by atoms with Gasteiger partial charge in [0.2, 0.25) is 0 Å². The van der Waals surface area contributed by atoms with Crippen molar-refractivity contribution in [3.05, 3.63) is 218 Å². The summed E-state index contributed by atoms with van der Waals surface area (Å²) in [5.41, 5.74) is 15.7. The topological polar surface area (TPSA) is 21.3 Å². The first-order chi connectivity index (χ1) is 28.2. The summed E-state index contributed by atoms with van der Waals surface area (Å²) >= 11 is 0. The minimum Gasteiger partial charge on any atom is -0.456 e. The number of benzene rings is 9. The summed E-state index contributed by atoms with van der Waals surface area (Å²) in [5, 5.41) is 4.81. The van der Waals surface area contributed by atoms with Crippen LogP contribution in [0.25, 0.3) is 82.8 Å². The molecule has 0 amide bonds. The van der Waals surface area contributed by atoms with E-state index in [1.807, 2.05) is 12.1 Å². The zero-order chi connectivity index (χ0) is 37.7. The Bertz CT molecular complexity index is 3140. The lowest BCUT2D eigenvalue weighted by molar-refractivity contribution is 0.669. The minimum absolute atomic E-state index is 0.907. The number of para-hydroxylation sites is 3. The van der Waals surface area contributed by atoms with Crippen molar-refractivity contribution >= 4 is 60.8 Å². The molecule has 0 aliphatic rings. The first-order valence-corrected chi connectivity index (χ1v) is 19.4. The standard InChI is InChI=1S/C54H36N2O/c1-2-10-37(11-3-1)38-18-27-43(28-19-38)55(45-31-24-41(25-32-45)42-26-35-54-50(36-42)49-14-6-9-17-53(49)57-54)44-29-20-39(21-30-44)40-22-33-46(34-23-40)56-51-15-7-4-12-47(51)48-13-5-8-16-52(48)56/h1-36H. The summed E-state index contributed by atoms with van der Waals surface area (Å²) in [6.07, 6.45) is 0. The maximum atomic E-state index is 6.11. The molecule has 0 fully saturated rings. The zero-order valence-corrected chi connectivity index (χ0v) is 31.1. The highest BCUT2D eigenvalue weighted by Gasteiger charge is 2.16. The molecule has 0 bridgehead atoms. The van der Waals surface area contributed by atoms with Crippen LogP contribution >= 0.6 is 0 Å². The Morgan fingerprint density at radius 1 is 0.298 bits per heavy atom. The number of aromatic nitrogens is 1. The van der Waals surface area contributed by atoms with E-state index >= 15 is 0 Å². The summed E-state index contributed by atoms with van der Waals surface area (Å²) in [6, 6.07) is 78.2. The van der Waals surface area contributed by atoms with Gasteiger partial charge in [0.05, 0.1) is 11.0 Å². The highest BCUT2D eigenvalue weighted by Crippen LogP contribution is 2.39. The molecular formula is C54H36N2O. The Kier molecular flexibility index (Phi) is 7.82. The van der Waals surface area contributed by atoms with Crippen LogP contribution in [0, 0.1) is 0 Å². The van der Waals surface area contributed by atoms with Crippen molar-refractivity contribution < 1.29 is 4.42 Å². The Labute approximate surface area is 330 Å². The van der Waals surface area contributed by atoms with Crippen molar-refractivity contribution in [3.63, 3.8) is 0 Å². The van der Waals surface area contributed by atoms with Gasteiger partial charge in [-0.2, -0.15) is 0 Å². The first kappa shape index (κ1) is 32.8. The highest BCUT2D eigenvalue weighted by molar-refractivity contribution is 6.09. The van der Waals surface area contributed by atoms with Gasteiger partial charge in [-0.05, 0) is 112 Å². The maximum absolute atomic E-state index is 6.11. The highest BCUT2D eigenvalue weighted by atomic mass is 16.3. The van der Waals surface area contributed by atoms with Crippen LogP contribution < -0.4 is 4.90 Å². The fourth-order valence-electron chi connectivity index (χ4n) is 8.40. The molecule has 0 radical (unpaired) electrons. The average molecular weight is 729 g/mol. The number of anilines is 3. The molecule has 0 aliphatic carbocycles. The van der Waals surface area contributed by atoms with Crippen LogP contribution in [0.3, 0.4) is 0 Å². The van der Waals surface area contributed by atoms with Gasteiger partial charge in [0.25, 0.3) is 0 Å². The molecule has 57 heavy (non-hydrogen) atoms. The summed E-state index contributed by atoms with van der Waals surface area (Å²) < 4.78 is 8.47. The predicted molar refractivity (Wildman–Crippen MR) is 239 cm³/mol. The monoisotopic (exact) mass is 728 g/mol. The average Bonchev–Trinajstić information content (AvgIpc) is 3.83. The van der Waals surface area contributed by atoms with Gasteiger partial charge >= 0.3 is 0 Å². The van der Waals surface area contributed by atoms with Gasteiger partial charge in [-0.15, -0.1) is 0 Å². The van der Waals surface area contributed by atoms with Gasteiger partial charge in [-0.1, -0.05) is 140 Å². The summed E-state index contributed by atoms with van der Waals surface area (Å²) in [5.74, 6) is 0. The van der Waals surface area contributed by atoms with Gasteiger partial charge in [0.1, 0.15) is 11.2 Å². The first-order valence-electron chi connectivity index (χ1n) is 19.4. The Morgan fingerprint density at radius 3 is 1.26 bits per heavy atom. The maximum Gasteiger partial charge on any atom is 0.135 e. The molecule has 3 heteroatoms. The summed E-state index contributed by atoms with van der Waals surface area (Å²) in [7, 11) is 0. The number of furan rings is 1. The summed E-state index contributed by atoms with van der Waals surface area (Å²) in [4.78, 5) is 2.33. The molecule has 0 saturated heterocycles. The summed E-state index contributed by atoms with van der Waals surface area (Å²) in [6.45, 7) is 0. The fraction of sp³-hybridized carbons (Fsp3) is 0. The largest absolute Gasteiger partial charge is 0.456 e. The lowest BCUT2D eigenvalue weighted by Crippen LogP contribution is -2.09. The minimum atomic E-state index is 0.907. The SMILES string of the molecule is c1ccc(-c2ccc(N(c3ccc(-c4ccc(-n5c6ccccc6c6ccccc65)cc4)cc3)c3ccc(-c4ccc5oc6ccccc6c5c4)cc3)cc2)cc1. The third-order valence-corrected chi connectivity index (χ3v) is 11.2. The Balaban J connectivity index is 0.936. The molecule has 9 aromatic carbocycles. The van der Waals surface area contributed by atoms with Crippen LogP contribution in [0.15, 0.2) is 223 Å². The second-order valence-corrected chi connectivity index (χ2v) is 14.6. The fourth-order valence-corrected chi connectivity index (χ4v) is 8.40. The Morgan fingerprint density at radius 2 is 0.702 bits per heavy atom. The molecule has 3 nitrogen and oxygen atoms in total. The van der Waals surface area contributed by atoms with Crippen molar-refractivity contribution in [2.24, 2.45) is 0 Å². The molecule has 268 valence electrons. The molecule has 0 aliphatic heterocycles. The molecule has 0 unspecified atom stereocenters. The molecule has 2 heterocycles. The van der Waals surface area contributed by atoms with Crippen LogP contribution in [0.2, 0.25) is 0 Å². The van der Waals surface area contributed by atoms with E-state index in [0.29, 0.717) is 0 Å². The quantitative estimate of drug-likeness (QED) is 0.163. The zero-order valence-electron chi connectivity index (χ0n) is 31.1. The van der Waals surface area contributed by atoms with E-state index in [0.717, 1.165) is 55.8 Å². The van der Waals surface area contributed by atoms with E-state index in [1.165, 1.54) is 44.1 Å². The van der Waals surface area contributed by atoms with Gasteiger partial charge in [0.15, 0.2) is 0 Å². The predicted octanol–water partition coefficient (Wildman–Crippen LogP) is 15.2. The molecular weight excluding hydrogens is 693 g/mol. The van der Waals surface area contributed by atoms with Gasteiger partial charge in [-0.25, -0.2) is 0 Å². The molecule has 0 atom stereocenters. The van der Waals surface area contributed by atoms with Crippen molar-refractivity contribution in [3.8, 4) is 39.1 Å². The van der Waals surface area contributed by atoms with E-state index in [1.54, 1.807) is 0 Å². The lowest BCUT2D eigenvalue weighted by atomic mass is 10.0. The van der Waals surface area contributed by atoms with Crippen LogP contribution in [-0.2, 0) is 0 Å². The van der Waals surface area contributed by atoms with Crippen molar-refractivity contribution in [1.29, 1.82) is 0 Å². The van der Waals surface area contributed by atoms with Crippen molar-refractivity contribution in [2.75, 3.05) is 4.90 Å². The number of nitrogens with zero attached hydrogens (tertiary/aromatic N) is 2. The van der Waals surface area contributed by atoms with E-state index in [2.05, 4.69) is 216 Å². The number of hydrogen-bond donors (Lipinski definition) is 0. The lowest BCUT2D eigenvalue weighted by Gasteiger charge is -2.26. The number of rotatable bonds is 7. The normalized spacial score (nSPS) is 11.5. The van der Waals surface area contributed by atoms with E-state index in [4.69, 9.17) is 4.42 Å². The molecule has 0 N–H and O–H groups in total. The third-order valence-electron chi connectivity index (χ3n) is 11.2. The molecule has 11 aromatic rings. The van der Waals surface area contributed by atoms with E-state index in [9.17, 15) is 0 Å². The van der Waals surface area contributed by atoms with Gasteiger partial charge < -0.3 is 13.9 Å². The van der Waals surface area contributed by atoms with Crippen LogP contribution in [0.4, 0.5) is 17.1 Å². The second-order valence-electron chi connectivity index (χ2n) is 14.6.